The predicted octanol–water partition coefficient (Wildman–Crippen LogP) is 5.03. The number of piperidine rings is 1. The summed E-state index contributed by atoms with van der Waals surface area (Å²) in [5.74, 6) is 1.16. The Morgan fingerprint density at radius 1 is 1.05 bits per heavy atom. The maximum atomic E-state index is 3.60. The van der Waals surface area contributed by atoms with Crippen LogP contribution in [-0.2, 0) is 0 Å². The fourth-order valence-electron chi connectivity index (χ4n) is 3.20. The average Bonchev–Trinajstić information content (AvgIpc) is 2.55. The van der Waals surface area contributed by atoms with E-state index in [1.807, 2.05) is 0 Å². The number of rotatable bonds is 3. The predicted molar refractivity (Wildman–Crippen MR) is 95.3 cm³/mol. The van der Waals surface area contributed by atoms with Crippen LogP contribution in [0.2, 0.25) is 0 Å². The summed E-state index contributed by atoms with van der Waals surface area (Å²) in [5, 5.41) is 3.56. The van der Waals surface area contributed by atoms with Crippen LogP contribution in [0.5, 0.6) is 0 Å². The molecule has 2 aromatic carbocycles. The van der Waals surface area contributed by atoms with Gasteiger partial charge in [-0.15, -0.1) is 11.8 Å². The first-order valence-electron chi connectivity index (χ1n) is 7.38. The molecule has 0 aliphatic carbocycles. The summed E-state index contributed by atoms with van der Waals surface area (Å²) in [5.41, 5.74) is 2.90. The molecule has 0 aromatic heterocycles. The van der Waals surface area contributed by atoms with E-state index in [-0.39, 0.29) is 0 Å². The Morgan fingerprint density at radius 3 is 2.57 bits per heavy atom. The monoisotopic (exact) mass is 361 g/mol. The lowest BCUT2D eigenvalue weighted by Gasteiger charge is -2.33. The van der Waals surface area contributed by atoms with Crippen LogP contribution in [0, 0.1) is 0 Å². The lowest BCUT2D eigenvalue weighted by molar-refractivity contribution is 0.404. The van der Waals surface area contributed by atoms with Crippen molar-refractivity contribution < 1.29 is 0 Å². The largest absolute Gasteiger partial charge is 0.316 e. The van der Waals surface area contributed by atoms with Gasteiger partial charge in [0, 0.05) is 21.8 Å². The second-order valence-corrected chi connectivity index (χ2v) is 7.33. The molecule has 3 heteroatoms. The van der Waals surface area contributed by atoms with Gasteiger partial charge < -0.3 is 5.32 Å². The zero-order valence-electron chi connectivity index (χ0n) is 12.2. The summed E-state index contributed by atoms with van der Waals surface area (Å²) < 4.78 is 1.17. The summed E-state index contributed by atoms with van der Waals surface area (Å²) in [4.78, 5) is 1.34. The van der Waals surface area contributed by atoms with Gasteiger partial charge in [0.15, 0.2) is 0 Å². The third kappa shape index (κ3) is 3.53. The molecule has 21 heavy (non-hydrogen) atoms. The summed E-state index contributed by atoms with van der Waals surface area (Å²) in [7, 11) is 0. The number of hydrogen-bond acceptors (Lipinski definition) is 2. The average molecular weight is 362 g/mol. The van der Waals surface area contributed by atoms with Crippen LogP contribution in [0.4, 0.5) is 0 Å². The molecule has 110 valence electrons. The second-order valence-electron chi connectivity index (χ2n) is 5.53. The lowest BCUT2D eigenvalue weighted by Crippen LogP contribution is -2.34. The Hall–Kier alpha value is -0.770. The number of hydrogen-bond donors (Lipinski definition) is 1. The Morgan fingerprint density at radius 2 is 1.86 bits per heavy atom. The number of nitrogens with one attached hydrogen (secondary N) is 1. The molecule has 2 aromatic rings. The van der Waals surface area contributed by atoms with E-state index in [1.54, 1.807) is 11.8 Å². The smallest absolute Gasteiger partial charge is 0.0178 e. The highest BCUT2D eigenvalue weighted by Gasteiger charge is 2.27. The molecule has 1 fully saturated rings. The fourth-order valence-corrected chi connectivity index (χ4v) is 4.02. The third-order valence-corrected chi connectivity index (χ3v) is 5.54. The van der Waals surface area contributed by atoms with Crippen molar-refractivity contribution >= 4 is 27.7 Å². The topological polar surface area (TPSA) is 12.0 Å². The minimum Gasteiger partial charge on any atom is -0.316 e. The Bertz CT molecular complexity index is 596. The summed E-state index contributed by atoms with van der Waals surface area (Å²) in [6, 6.07) is 17.9. The zero-order chi connectivity index (χ0) is 14.7. The Balaban J connectivity index is 1.90. The van der Waals surface area contributed by atoms with Gasteiger partial charge in [-0.1, -0.05) is 40.2 Å². The zero-order valence-corrected chi connectivity index (χ0v) is 14.6. The van der Waals surface area contributed by atoms with Crippen molar-refractivity contribution in [2.75, 3.05) is 19.3 Å². The van der Waals surface area contributed by atoms with Gasteiger partial charge in [-0.05, 0) is 60.5 Å². The quantitative estimate of drug-likeness (QED) is 0.769. The van der Waals surface area contributed by atoms with Gasteiger partial charge in [-0.2, -0.15) is 0 Å². The highest BCUT2D eigenvalue weighted by atomic mass is 79.9. The van der Waals surface area contributed by atoms with Crippen molar-refractivity contribution in [3.05, 3.63) is 64.1 Å². The van der Waals surface area contributed by atoms with Crippen molar-refractivity contribution in [2.45, 2.75) is 23.2 Å². The molecule has 1 saturated heterocycles. The molecule has 3 rings (SSSR count). The maximum Gasteiger partial charge on any atom is 0.0178 e. The van der Waals surface area contributed by atoms with E-state index in [0.717, 1.165) is 13.1 Å². The molecule has 0 amide bonds. The number of thioether (sulfide) groups is 1. The van der Waals surface area contributed by atoms with E-state index in [0.29, 0.717) is 11.8 Å². The molecule has 1 aliphatic heterocycles. The van der Waals surface area contributed by atoms with Crippen molar-refractivity contribution in [2.24, 2.45) is 0 Å². The van der Waals surface area contributed by atoms with E-state index in [2.05, 4.69) is 76.0 Å². The minimum absolute atomic E-state index is 0.552. The van der Waals surface area contributed by atoms with Gasteiger partial charge in [0.05, 0.1) is 0 Å². The third-order valence-electron chi connectivity index (χ3n) is 4.30. The van der Waals surface area contributed by atoms with Crippen LogP contribution >= 0.6 is 27.7 Å². The van der Waals surface area contributed by atoms with Crippen LogP contribution in [-0.4, -0.2) is 19.3 Å². The number of halogens is 1. The molecule has 2 atom stereocenters. The van der Waals surface area contributed by atoms with Crippen molar-refractivity contribution in [1.82, 2.24) is 5.32 Å². The Kier molecular flexibility index (Phi) is 5.04. The molecule has 1 nitrogen and oxygen atoms in total. The van der Waals surface area contributed by atoms with Crippen LogP contribution in [0.15, 0.2) is 57.9 Å². The van der Waals surface area contributed by atoms with Gasteiger partial charge in [-0.25, -0.2) is 0 Å². The minimum atomic E-state index is 0.552. The standard InChI is InChI=1S/C18H20BrNS/c1-21-16-7-5-13(6-8-16)17-9-10-20-12-18(17)14-3-2-4-15(19)11-14/h2-8,11,17-18,20H,9-10,12H2,1H3. The SMILES string of the molecule is CSc1ccc(C2CCNCC2c2cccc(Br)c2)cc1. The van der Waals surface area contributed by atoms with Gasteiger partial charge in [0.1, 0.15) is 0 Å². The molecule has 1 N–H and O–H groups in total. The lowest BCUT2D eigenvalue weighted by atomic mass is 9.77. The van der Waals surface area contributed by atoms with Crippen molar-refractivity contribution in [3.8, 4) is 0 Å². The van der Waals surface area contributed by atoms with Gasteiger partial charge in [-0.3, -0.25) is 0 Å². The summed E-state index contributed by atoms with van der Waals surface area (Å²) >= 11 is 5.41. The fraction of sp³-hybridized carbons (Fsp3) is 0.333. The molecule has 0 radical (unpaired) electrons. The first kappa shape index (κ1) is 15.1. The molecule has 1 heterocycles. The van der Waals surface area contributed by atoms with E-state index in [9.17, 15) is 0 Å². The second kappa shape index (κ2) is 6.99. The van der Waals surface area contributed by atoms with E-state index >= 15 is 0 Å². The van der Waals surface area contributed by atoms with Crippen LogP contribution in [0.25, 0.3) is 0 Å². The van der Waals surface area contributed by atoms with Gasteiger partial charge in [0.2, 0.25) is 0 Å². The van der Waals surface area contributed by atoms with Crippen LogP contribution < -0.4 is 5.32 Å². The van der Waals surface area contributed by atoms with Gasteiger partial charge >= 0.3 is 0 Å². The molecule has 2 unspecified atom stereocenters. The van der Waals surface area contributed by atoms with Crippen LogP contribution in [0.1, 0.15) is 29.4 Å². The first-order valence-corrected chi connectivity index (χ1v) is 9.40. The molecule has 0 saturated carbocycles. The molecule has 1 aliphatic rings. The molecule has 0 spiro atoms. The van der Waals surface area contributed by atoms with E-state index < -0.39 is 0 Å². The first-order chi connectivity index (χ1) is 10.3. The van der Waals surface area contributed by atoms with Gasteiger partial charge in [0.25, 0.3) is 0 Å². The maximum absolute atomic E-state index is 3.60. The molecular formula is C18H20BrNS. The van der Waals surface area contributed by atoms with Crippen LogP contribution in [0.3, 0.4) is 0 Å². The number of benzene rings is 2. The van der Waals surface area contributed by atoms with Crippen molar-refractivity contribution in [3.63, 3.8) is 0 Å². The normalized spacial score (nSPS) is 22.2. The Labute approximate surface area is 139 Å². The molecular weight excluding hydrogens is 342 g/mol. The van der Waals surface area contributed by atoms with E-state index in [4.69, 9.17) is 0 Å². The highest BCUT2D eigenvalue weighted by molar-refractivity contribution is 9.10. The summed E-state index contributed by atoms with van der Waals surface area (Å²) in [6.07, 6.45) is 3.33. The molecule has 0 bridgehead atoms. The van der Waals surface area contributed by atoms with E-state index in [1.165, 1.54) is 26.9 Å². The van der Waals surface area contributed by atoms with Crippen molar-refractivity contribution in [1.29, 1.82) is 0 Å². The summed E-state index contributed by atoms with van der Waals surface area (Å²) in [6.45, 7) is 2.17. The highest BCUT2D eigenvalue weighted by Crippen LogP contribution is 2.38.